The summed E-state index contributed by atoms with van der Waals surface area (Å²) in [6, 6.07) is 13.6. The van der Waals surface area contributed by atoms with Gasteiger partial charge in [0.15, 0.2) is 16.9 Å². The van der Waals surface area contributed by atoms with Crippen LogP contribution in [0.2, 0.25) is 0 Å². The fourth-order valence-corrected chi connectivity index (χ4v) is 4.57. The van der Waals surface area contributed by atoms with Crippen LogP contribution in [0.5, 0.6) is 11.5 Å². The highest BCUT2D eigenvalue weighted by Crippen LogP contribution is 2.41. The largest absolute Gasteiger partial charge is 0.493 e. The molecule has 0 radical (unpaired) electrons. The van der Waals surface area contributed by atoms with Gasteiger partial charge in [0, 0.05) is 23.4 Å². The maximum atomic E-state index is 13.6. The number of benzene rings is 2. The first-order chi connectivity index (χ1) is 16.0. The topological polar surface area (TPSA) is 81.9 Å². The first-order valence-electron chi connectivity index (χ1n) is 10.2. The Kier molecular flexibility index (Phi) is 5.38. The number of hydrogen-bond acceptors (Lipinski definition) is 6. The van der Waals surface area contributed by atoms with Crippen LogP contribution < -0.4 is 14.9 Å². The highest BCUT2D eigenvalue weighted by atomic mass is 79.9. The zero-order chi connectivity index (χ0) is 23.1. The van der Waals surface area contributed by atoms with Crippen molar-refractivity contribution < 1.29 is 18.7 Å². The molecule has 2 aromatic heterocycles. The minimum absolute atomic E-state index is 0.0542. The van der Waals surface area contributed by atoms with Crippen molar-refractivity contribution >= 4 is 32.8 Å². The summed E-state index contributed by atoms with van der Waals surface area (Å²) in [7, 11) is 3.10. The van der Waals surface area contributed by atoms with E-state index in [1.165, 1.54) is 0 Å². The number of methoxy groups -OCH3 is 2. The summed E-state index contributed by atoms with van der Waals surface area (Å²) in [6.45, 7) is 0.259. The lowest BCUT2D eigenvalue weighted by Gasteiger charge is -2.25. The molecule has 0 saturated carbocycles. The molecule has 0 aliphatic carbocycles. The maximum Gasteiger partial charge on any atom is 0.291 e. The fourth-order valence-electron chi connectivity index (χ4n) is 4.21. The van der Waals surface area contributed by atoms with Crippen molar-refractivity contribution in [1.29, 1.82) is 0 Å². The van der Waals surface area contributed by atoms with E-state index in [2.05, 4.69) is 20.9 Å². The summed E-state index contributed by atoms with van der Waals surface area (Å²) < 4.78 is 17.6. The van der Waals surface area contributed by atoms with E-state index < -0.39 is 6.04 Å². The minimum Gasteiger partial charge on any atom is -0.493 e. The lowest BCUT2D eigenvalue weighted by atomic mass is 9.98. The van der Waals surface area contributed by atoms with Crippen molar-refractivity contribution in [2.24, 2.45) is 0 Å². The number of rotatable bonds is 5. The summed E-state index contributed by atoms with van der Waals surface area (Å²) in [4.78, 5) is 33.0. The van der Waals surface area contributed by atoms with Crippen molar-refractivity contribution in [3.8, 4) is 11.5 Å². The number of aromatic nitrogens is 1. The van der Waals surface area contributed by atoms with E-state index in [9.17, 15) is 9.59 Å². The molecule has 5 rings (SSSR count). The summed E-state index contributed by atoms with van der Waals surface area (Å²) in [5, 5.41) is 0.407. The smallest absolute Gasteiger partial charge is 0.291 e. The van der Waals surface area contributed by atoms with Gasteiger partial charge in [0.2, 0.25) is 5.76 Å². The predicted octanol–water partition coefficient (Wildman–Crippen LogP) is 4.71. The molecule has 0 bridgehead atoms. The third-order valence-electron chi connectivity index (χ3n) is 5.73. The van der Waals surface area contributed by atoms with Gasteiger partial charge in [-0.2, -0.15) is 0 Å². The van der Waals surface area contributed by atoms with Crippen molar-refractivity contribution in [1.82, 2.24) is 9.88 Å². The monoisotopic (exact) mass is 506 g/mol. The van der Waals surface area contributed by atoms with Gasteiger partial charge in [0.1, 0.15) is 5.58 Å². The van der Waals surface area contributed by atoms with E-state index in [1.54, 1.807) is 61.8 Å². The molecule has 2 aromatic carbocycles. The van der Waals surface area contributed by atoms with Gasteiger partial charge in [-0.1, -0.05) is 28.1 Å². The van der Waals surface area contributed by atoms with E-state index in [4.69, 9.17) is 13.9 Å². The minimum atomic E-state index is -0.660. The Bertz CT molecular complexity index is 1430. The Morgan fingerprint density at radius 2 is 1.88 bits per heavy atom. The van der Waals surface area contributed by atoms with Crippen molar-refractivity contribution in [2.75, 3.05) is 14.2 Å². The molecule has 0 N–H and O–H groups in total. The first kappa shape index (κ1) is 21.2. The van der Waals surface area contributed by atoms with Crippen LogP contribution in [0, 0.1) is 0 Å². The maximum absolute atomic E-state index is 13.6. The van der Waals surface area contributed by atoms with E-state index in [-0.39, 0.29) is 23.6 Å². The van der Waals surface area contributed by atoms with Crippen LogP contribution in [-0.4, -0.2) is 30.0 Å². The Morgan fingerprint density at radius 1 is 1.06 bits per heavy atom. The molecule has 3 heterocycles. The van der Waals surface area contributed by atoms with Crippen LogP contribution in [0.25, 0.3) is 11.0 Å². The zero-order valence-corrected chi connectivity index (χ0v) is 19.5. The number of carbonyl (C=O) groups excluding carboxylic acids is 1. The number of amides is 1. The second kappa shape index (κ2) is 8.37. The summed E-state index contributed by atoms with van der Waals surface area (Å²) in [5.74, 6) is 0.762. The van der Waals surface area contributed by atoms with E-state index in [0.717, 1.165) is 10.0 Å². The van der Waals surface area contributed by atoms with Crippen LogP contribution in [-0.2, 0) is 6.54 Å². The van der Waals surface area contributed by atoms with Crippen LogP contribution in [0.3, 0.4) is 0 Å². The Labute approximate surface area is 197 Å². The molecule has 1 aliphatic rings. The predicted molar refractivity (Wildman–Crippen MR) is 126 cm³/mol. The molecule has 1 amide bonds. The van der Waals surface area contributed by atoms with Gasteiger partial charge in [-0.3, -0.25) is 14.6 Å². The number of hydrogen-bond donors (Lipinski definition) is 0. The summed E-state index contributed by atoms with van der Waals surface area (Å²) in [5.41, 5.74) is 1.98. The number of pyridine rings is 1. The molecule has 7 nitrogen and oxygen atoms in total. The number of halogens is 1. The molecule has 1 unspecified atom stereocenters. The molecule has 0 fully saturated rings. The Morgan fingerprint density at radius 3 is 2.61 bits per heavy atom. The molecule has 8 heteroatoms. The second-order valence-electron chi connectivity index (χ2n) is 7.63. The van der Waals surface area contributed by atoms with Crippen molar-refractivity contribution in [3.63, 3.8) is 0 Å². The lowest BCUT2D eigenvalue weighted by Crippen LogP contribution is -2.29. The van der Waals surface area contributed by atoms with Gasteiger partial charge in [-0.05, 0) is 47.5 Å². The first-order valence-corrected chi connectivity index (χ1v) is 11.0. The average molecular weight is 507 g/mol. The molecule has 33 heavy (non-hydrogen) atoms. The van der Waals surface area contributed by atoms with Gasteiger partial charge < -0.3 is 18.8 Å². The highest BCUT2D eigenvalue weighted by molar-refractivity contribution is 9.10. The zero-order valence-electron chi connectivity index (χ0n) is 17.9. The van der Waals surface area contributed by atoms with E-state index in [0.29, 0.717) is 33.6 Å². The summed E-state index contributed by atoms with van der Waals surface area (Å²) >= 11 is 3.41. The number of ether oxygens (including phenoxy) is 2. The Balaban J connectivity index is 1.74. The Hall–Kier alpha value is -3.65. The van der Waals surface area contributed by atoms with Crippen LogP contribution in [0.15, 0.2) is 74.6 Å². The third-order valence-corrected chi connectivity index (χ3v) is 6.22. The second-order valence-corrected chi connectivity index (χ2v) is 8.54. The third kappa shape index (κ3) is 3.56. The number of fused-ring (bicyclic) bond motifs is 2. The van der Waals surface area contributed by atoms with Gasteiger partial charge in [0.05, 0.1) is 31.2 Å². The van der Waals surface area contributed by atoms with E-state index >= 15 is 0 Å². The fraction of sp³-hybridized carbons (Fsp3) is 0.160. The van der Waals surface area contributed by atoms with E-state index in [1.807, 2.05) is 18.2 Å². The molecule has 0 spiro atoms. The molecule has 0 saturated heterocycles. The average Bonchev–Trinajstić information content (AvgIpc) is 3.11. The normalized spacial score (nSPS) is 15.1. The molecule has 1 aliphatic heterocycles. The van der Waals surface area contributed by atoms with Crippen molar-refractivity contribution in [2.45, 2.75) is 12.6 Å². The lowest BCUT2D eigenvalue weighted by molar-refractivity contribution is 0.0714. The van der Waals surface area contributed by atoms with Crippen molar-refractivity contribution in [3.05, 3.63) is 98.1 Å². The van der Waals surface area contributed by atoms with Gasteiger partial charge >= 0.3 is 0 Å². The van der Waals surface area contributed by atoms with Gasteiger partial charge in [0.25, 0.3) is 5.91 Å². The van der Waals surface area contributed by atoms with Gasteiger partial charge in [-0.15, -0.1) is 0 Å². The number of carbonyl (C=O) groups is 1. The SMILES string of the molecule is COc1ccc(C2c3c(oc4ccc(Br)cc4c3=O)C(=O)N2Cc2cccnc2)cc1OC. The number of nitrogens with zero attached hydrogens (tertiary/aromatic N) is 2. The van der Waals surface area contributed by atoms with Crippen LogP contribution in [0.4, 0.5) is 0 Å². The molecule has 4 aromatic rings. The van der Waals surface area contributed by atoms with Crippen LogP contribution in [0.1, 0.15) is 33.3 Å². The van der Waals surface area contributed by atoms with Gasteiger partial charge in [-0.25, -0.2) is 0 Å². The molecule has 1 atom stereocenters. The molecular weight excluding hydrogens is 488 g/mol. The highest BCUT2D eigenvalue weighted by Gasteiger charge is 2.43. The molecular formula is C25H19BrN2O5. The standard InChI is InChI=1S/C25H19BrN2O5/c1-31-19-7-5-15(10-20(19)32-2)22-21-23(29)17-11-16(26)6-8-18(17)33-24(21)25(30)28(22)13-14-4-3-9-27-12-14/h3-12,22H,13H2,1-2H3. The van der Waals surface area contributed by atoms with Crippen LogP contribution >= 0.6 is 15.9 Å². The molecule has 166 valence electrons. The quantitative estimate of drug-likeness (QED) is 0.389. The summed E-state index contributed by atoms with van der Waals surface area (Å²) in [6.07, 6.45) is 3.37.